The number of aryl methyl sites for hydroxylation is 1. The second-order valence-corrected chi connectivity index (χ2v) is 10.1. The van der Waals surface area contributed by atoms with Gasteiger partial charge in [-0.1, -0.05) is 13.8 Å². The topological polar surface area (TPSA) is 98.0 Å². The standard InChI is InChI=1S/C27H32F2N8O/c1-4-36(5-2)17-8-9-37(14-17)24-13-22(31-23-12-20(34-35-23)16-6-7-16)32-27(33-24)38-21-11-19(28)26-18(25(21)29)10-15(3)30-26/h10-13,16-17,30H,4-9,14H2,1-3H3,(H2,31,32,33,34,35). The predicted molar refractivity (Wildman–Crippen MR) is 142 cm³/mol. The molecule has 1 unspecified atom stereocenters. The number of halogens is 2. The van der Waals surface area contributed by atoms with Gasteiger partial charge < -0.3 is 19.9 Å². The molecule has 2 fully saturated rings. The van der Waals surface area contributed by atoms with Crippen molar-refractivity contribution in [1.82, 2.24) is 30.0 Å². The Balaban J connectivity index is 1.33. The van der Waals surface area contributed by atoms with Gasteiger partial charge in [-0.05, 0) is 45.3 Å². The average molecular weight is 523 g/mol. The fourth-order valence-electron chi connectivity index (χ4n) is 5.31. The first-order valence-corrected chi connectivity index (χ1v) is 13.3. The zero-order valence-corrected chi connectivity index (χ0v) is 21.8. The maximum Gasteiger partial charge on any atom is 0.326 e. The molecular formula is C27H32F2N8O. The molecule has 11 heteroatoms. The van der Waals surface area contributed by atoms with E-state index in [0.29, 0.717) is 35.1 Å². The minimum absolute atomic E-state index is 0.0702. The lowest BCUT2D eigenvalue weighted by Crippen LogP contribution is -2.37. The molecule has 9 nitrogen and oxygen atoms in total. The van der Waals surface area contributed by atoms with Gasteiger partial charge in [-0.15, -0.1) is 0 Å². The van der Waals surface area contributed by atoms with Gasteiger partial charge in [0.1, 0.15) is 11.6 Å². The maximum absolute atomic E-state index is 15.3. The second kappa shape index (κ2) is 9.86. The van der Waals surface area contributed by atoms with Crippen molar-refractivity contribution in [1.29, 1.82) is 0 Å². The summed E-state index contributed by atoms with van der Waals surface area (Å²) in [5, 5.41) is 10.8. The molecule has 3 aromatic heterocycles. The second-order valence-electron chi connectivity index (χ2n) is 10.1. The Hall–Kier alpha value is -3.73. The number of anilines is 3. The van der Waals surface area contributed by atoms with Gasteiger partial charge in [-0.25, -0.2) is 8.78 Å². The summed E-state index contributed by atoms with van der Waals surface area (Å²) in [6.07, 6.45) is 3.33. The third-order valence-electron chi connectivity index (χ3n) is 7.48. The summed E-state index contributed by atoms with van der Waals surface area (Å²) in [5.74, 6) is 0.739. The van der Waals surface area contributed by atoms with Crippen molar-refractivity contribution in [2.45, 2.75) is 52.0 Å². The van der Waals surface area contributed by atoms with Crippen LogP contribution in [0.5, 0.6) is 11.8 Å². The van der Waals surface area contributed by atoms with E-state index in [0.717, 1.165) is 57.2 Å². The number of ether oxygens (including phenoxy) is 1. The Bertz CT molecular complexity index is 1460. The van der Waals surface area contributed by atoms with Crippen molar-refractivity contribution < 1.29 is 13.5 Å². The normalized spacial score (nSPS) is 17.6. The lowest BCUT2D eigenvalue weighted by Gasteiger charge is -2.26. The number of likely N-dealkylation sites (N-methyl/N-ethyl adjacent to an activating group) is 1. The third kappa shape index (κ3) is 4.78. The van der Waals surface area contributed by atoms with Crippen molar-refractivity contribution >= 4 is 28.4 Å². The molecule has 0 bridgehead atoms. The molecule has 2 aliphatic rings. The van der Waals surface area contributed by atoms with E-state index in [1.54, 1.807) is 13.0 Å². The van der Waals surface area contributed by atoms with Crippen LogP contribution in [0.15, 0.2) is 24.3 Å². The number of hydrogen-bond donors (Lipinski definition) is 3. The number of benzene rings is 1. The molecule has 1 aliphatic heterocycles. The Morgan fingerprint density at radius 3 is 2.66 bits per heavy atom. The largest absolute Gasteiger partial charge is 0.421 e. The molecule has 4 heterocycles. The van der Waals surface area contributed by atoms with Gasteiger partial charge in [-0.2, -0.15) is 15.1 Å². The van der Waals surface area contributed by atoms with E-state index in [9.17, 15) is 4.39 Å². The van der Waals surface area contributed by atoms with E-state index < -0.39 is 11.6 Å². The van der Waals surface area contributed by atoms with E-state index in [4.69, 9.17) is 4.74 Å². The molecule has 1 aromatic carbocycles. The summed E-state index contributed by atoms with van der Waals surface area (Å²) in [7, 11) is 0. The van der Waals surface area contributed by atoms with E-state index in [2.05, 4.69) is 54.1 Å². The van der Waals surface area contributed by atoms with Crippen molar-refractivity contribution in [3.63, 3.8) is 0 Å². The van der Waals surface area contributed by atoms with Gasteiger partial charge in [0.25, 0.3) is 0 Å². The number of rotatable bonds is 9. The maximum atomic E-state index is 15.3. The zero-order chi connectivity index (χ0) is 26.4. The Morgan fingerprint density at radius 1 is 1.08 bits per heavy atom. The minimum Gasteiger partial charge on any atom is -0.421 e. The number of hydrogen-bond acceptors (Lipinski definition) is 7. The van der Waals surface area contributed by atoms with Crippen molar-refractivity contribution in [3.8, 4) is 11.8 Å². The van der Waals surface area contributed by atoms with Crippen LogP contribution in [-0.2, 0) is 0 Å². The number of H-pyrrole nitrogens is 2. The SMILES string of the molecule is CCN(CC)C1CCN(c2cc(Nc3cc(C4CC4)[nH]n3)nc(Oc3cc(F)c4[nH]c(C)cc4c3F)n2)C1. The van der Waals surface area contributed by atoms with Crippen LogP contribution < -0.4 is 15.0 Å². The zero-order valence-electron chi connectivity index (χ0n) is 21.8. The fourth-order valence-corrected chi connectivity index (χ4v) is 5.31. The van der Waals surface area contributed by atoms with Crippen molar-refractivity contribution in [2.75, 3.05) is 36.4 Å². The summed E-state index contributed by atoms with van der Waals surface area (Å²) in [4.78, 5) is 16.5. The molecule has 1 atom stereocenters. The first-order valence-electron chi connectivity index (χ1n) is 13.3. The van der Waals surface area contributed by atoms with Crippen LogP contribution in [0, 0.1) is 18.6 Å². The van der Waals surface area contributed by atoms with E-state index in [-0.39, 0.29) is 22.7 Å². The molecule has 1 saturated heterocycles. The molecule has 200 valence electrons. The fraction of sp³-hybridized carbons (Fsp3) is 0.444. The first kappa shape index (κ1) is 24.6. The van der Waals surface area contributed by atoms with Crippen molar-refractivity contribution in [2.24, 2.45) is 0 Å². The van der Waals surface area contributed by atoms with Crippen LogP contribution in [0.4, 0.5) is 26.2 Å². The van der Waals surface area contributed by atoms with Gasteiger partial charge in [0.2, 0.25) is 0 Å². The number of nitrogens with zero attached hydrogens (tertiary/aromatic N) is 5. The molecular weight excluding hydrogens is 490 g/mol. The summed E-state index contributed by atoms with van der Waals surface area (Å²) < 4.78 is 35.8. The number of nitrogens with one attached hydrogen (secondary N) is 3. The summed E-state index contributed by atoms with van der Waals surface area (Å²) in [6.45, 7) is 9.67. The summed E-state index contributed by atoms with van der Waals surface area (Å²) >= 11 is 0. The Kier molecular flexibility index (Phi) is 6.38. The van der Waals surface area contributed by atoms with E-state index >= 15 is 4.39 Å². The quantitative estimate of drug-likeness (QED) is 0.263. The van der Waals surface area contributed by atoms with Gasteiger partial charge in [-0.3, -0.25) is 10.00 Å². The molecule has 0 amide bonds. The number of fused-ring (bicyclic) bond motifs is 1. The lowest BCUT2D eigenvalue weighted by molar-refractivity contribution is 0.232. The Labute approximate surface area is 219 Å². The van der Waals surface area contributed by atoms with E-state index in [1.165, 1.54) is 0 Å². The lowest BCUT2D eigenvalue weighted by atomic mass is 10.2. The van der Waals surface area contributed by atoms with Crippen LogP contribution >= 0.6 is 0 Å². The highest BCUT2D eigenvalue weighted by Crippen LogP contribution is 2.40. The van der Waals surface area contributed by atoms with Gasteiger partial charge in [0, 0.05) is 60.0 Å². The summed E-state index contributed by atoms with van der Waals surface area (Å²) in [5.41, 5.74) is 1.85. The van der Waals surface area contributed by atoms with Crippen molar-refractivity contribution in [3.05, 3.63) is 47.3 Å². The van der Waals surface area contributed by atoms with Crippen LogP contribution in [0.2, 0.25) is 0 Å². The number of aromatic amines is 2. The van der Waals surface area contributed by atoms with E-state index in [1.807, 2.05) is 12.1 Å². The smallest absolute Gasteiger partial charge is 0.326 e. The Morgan fingerprint density at radius 2 is 1.89 bits per heavy atom. The van der Waals surface area contributed by atoms with Crippen LogP contribution in [0.3, 0.4) is 0 Å². The molecule has 38 heavy (non-hydrogen) atoms. The molecule has 1 saturated carbocycles. The third-order valence-corrected chi connectivity index (χ3v) is 7.48. The van der Waals surface area contributed by atoms with Crippen LogP contribution in [0.25, 0.3) is 10.9 Å². The minimum atomic E-state index is -0.668. The van der Waals surface area contributed by atoms with Crippen LogP contribution in [-0.4, -0.2) is 62.3 Å². The highest BCUT2D eigenvalue weighted by Gasteiger charge is 2.29. The number of aromatic nitrogens is 5. The summed E-state index contributed by atoms with van der Waals surface area (Å²) in [6, 6.07) is 6.75. The molecule has 4 aromatic rings. The first-order chi connectivity index (χ1) is 18.4. The van der Waals surface area contributed by atoms with Gasteiger partial charge >= 0.3 is 6.01 Å². The molecule has 0 spiro atoms. The monoisotopic (exact) mass is 522 g/mol. The predicted octanol–water partition coefficient (Wildman–Crippen LogP) is 5.60. The molecule has 1 aliphatic carbocycles. The molecule has 6 rings (SSSR count). The van der Waals surface area contributed by atoms with Gasteiger partial charge in [0.15, 0.2) is 23.2 Å². The molecule has 0 radical (unpaired) electrons. The van der Waals surface area contributed by atoms with Crippen LogP contribution in [0.1, 0.15) is 50.4 Å². The highest BCUT2D eigenvalue weighted by molar-refractivity contribution is 5.83. The molecule has 3 N–H and O–H groups in total. The van der Waals surface area contributed by atoms with Gasteiger partial charge in [0.05, 0.1) is 5.52 Å². The highest BCUT2D eigenvalue weighted by atomic mass is 19.1. The average Bonchev–Trinajstić information content (AvgIpc) is 3.25.